The van der Waals surface area contributed by atoms with Gasteiger partial charge in [0.25, 0.3) is 0 Å². The van der Waals surface area contributed by atoms with Gasteiger partial charge in [0.2, 0.25) is 0 Å². The molecular formula is C21H24ClNO. The number of halogens is 1. The van der Waals surface area contributed by atoms with E-state index in [1.165, 1.54) is 22.3 Å². The molecule has 2 aromatic rings. The number of likely N-dealkylation sites (N-methyl/N-ethyl adjacent to an activating group) is 1. The first kappa shape index (κ1) is 18.4. The quantitative estimate of drug-likeness (QED) is 0.775. The first-order valence-corrected chi connectivity index (χ1v) is 8.00. The van der Waals surface area contributed by atoms with Crippen LogP contribution in [0.4, 0.5) is 0 Å². The van der Waals surface area contributed by atoms with E-state index in [0.717, 1.165) is 5.57 Å². The SMILES string of the molecule is CN(C)CC(=O)C=C1c2ccccc2C(C)(C)c2ccccc21.Cl. The van der Waals surface area contributed by atoms with Crippen LogP contribution in [0.1, 0.15) is 36.1 Å². The second-order valence-electron chi connectivity index (χ2n) is 6.98. The van der Waals surface area contributed by atoms with E-state index in [-0.39, 0.29) is 23.6 Å². The van der Waals surface area contributed by atoms with Crippen molar-refractivity contribution >= 4 is 23.8 Å². The molecule has 0 radical (unpaired) electrons. The summed E-state index contributed by atoms with van der Waals surface area (Å²) in [5, 5.41) is 0. The van der Waals surface area contributed by atoms with Gasteiger partial charge in [-0.1, -0.05) is 62.4 Å². The summed E-state index contributed by atoms with van der Waals surface area (Å²) in [7, 11) is 3.84. The fourth-order valence-electron chi connectivity index (χ4n) is 3.49. The van der Waals surface area contributed by atoms with Gasteiger partial charge in [0.1, 0.15) is 0 Å². The summed E-state index contributed by atoms with van der Waals surface area (Å²) in [6.45, 7) is 4.93. The molecule has 0 N–H and O–H groups in total. The topological polar surface area (TPSA) is 20.3 Å². The Balaban J connectivity index is 0.00000208. The highest BCUT2D eigenvalue weighted by atomic mass is 35.5. The minimum absolute atomic E-state index is 0. The molecule has 0 heterocycles. The number of ketones is 1. The zero-order valence-electron chi connectivity index (χ0n) is 14.7. The molecule has 0 fully saturated rings. The van der Waals surface area contributed by atoms with Crippen molar-refractivity contribution in [3.8, 4) is 0 Å². The molecule has 0 aliphatic heterocycles. The van der Waals surface area contributed by atoms with Gasteiger partial charge in [0, 0.05) is 5.41 Å². The third-order valence-corrected chi connectivity index (χ3v) is 4.56. The Morgan fingerprint density at radius 3 is 1.88 bits per heavy atom. The minimum Gasteiger partial charge on any atom is -0.302 e. The second kappa shape index (κ2) is 6.92. The van der Waals surface area contributed by atoms with E-state index in [1.54, 1.807) is 0 Å². The molecule has 2 nitrogen and oxygen atoms in total. The Kier molecular flexibility index (Phi) is 5.32. The summed E-state index contributed by atoms with van der Waals surface area (Å²) in [4.78, 5) is 14.3. The summed E-state index contributed by atoms with van der Waals surface area (Å²) in [5.41, 5.74) is 5.88. The summed E-state index contributed by atoms with van der Waals surface area (Å²) in [6.07, 6.45) is 1.81. The maximum Gasteiger partial charge on any atom is 0.170 e. The van der Waals surface area contributed by atoms with Gasteiger partial charge in [-0.15, -0.1) is 12.4 Å². The zero-order valence-corrected chi connectivity index (χ0v) is 15.5. The van der Waals surface area contributed by atoms with Crippen molar-refractivity contribution in [1.82, 2.24) is 4.90 Å². The highest BCUT2D eigenvalue weighted by Gasteiger charge is 2.34. The van der Waals surface area contributed by atoms with Crippen molar-refractivity contribution < 1.29 is 4.79 Å². The highest BCUT2D eigenvalue weighted by Crippen LogP contribution is 2.45. The summed E-state index contributed by atoms with van der Waals surface area (Å²) in [5.74, 6) is 0.134. The van der Waals surface area contributed by atoms with Crippen LogP contribution in [0.5, 0.6) is 0 Å². The van der Waals surface area contributed by atoms with E-state index in [4.69, 9.17) is 0 Å². The lowest BCUT2D eigenvalue weighted by Crippen LogP contribution is -2.27. The van der Waals surface area contributed by atoms with E-state index in [1.807, 2.05) is 37.2 Å². The van der Waals surface area contributed by atoms with Crippen LogP contribution >= 0.6 is 12.4 Å². The summed E-state index contributed by atoms with van der Waals surface area (Å²) >= 11 is 0. The third-order valence-electron chi connectivity index (χ3n) is 4.56. The Bertz CT molecular complexity index is 738. The van der Waals surface area contributed by atoms with E-state index in [2.05, 4.69) is 50.2 Å². The molecule has 3 heteroatoms. The molecule has 0 aromatic heterocycles. The average molecular weight is 342 g/mol. The molecule has 0 bridgehead atoms. The van der Waals surface area contributed by atoms with Gasteiger partial charge in [-0.05, 0) is 48.0 Å². The largest absolute Gasteiger partial charge is 0.302 e. The van der Waals surface area contributed by atoms with Crippen LogP contribution in [0.2, 0.25) is 0 Å². The lowest BCUT2D eigenvalue weighted by atomic mass is 9.67. The van der Waals surface area contributed by atoms with Gasteiger partial charge in [0.05, 0.1) is 6.54 Å². The molecule has 24 heavy (non-hydrogen) atoms. The number of carbonyl (C=O) groups excluding carboxylic acids is 1. The molecule has 1 aliphatic rings. The number of hydrogen-bond donors (Lipinski definition) is 0. The van der Waals surface area contributed by atoms with Gasteiger partial charge >= 0.3 is 0 Å². The molecule has 3 rings (SSSR count). The highest BCUT2D eigenvalue weighted by molar-refractivity contribution is 6.03. The molecule has 0 unspecified atom stereocenters. The maximum atomic E-state index is 12.4. The second-order valence-corrected chi connectivity index (χ2v) is 6.98. The van der Waals surface area contributed by atoms with E-state index in [0.29, 0.717) is 6.54 Å². The lowest BCUT2D eigenvalue weighted by molar-refractivity contribution is -0.115. The van der Waals surface area contributed by atoms with E-state index >= 15 is 0 Å². The predicted molar refractivity (Wildman–Crippen MR) is 103 cm³/mol. The fraction of sp³-hybridized carbons (Fsp3) is 0.286. The Morgan fingerprint density at radius 1 is 0.958 bits per heavy atom. The minimum atomic E-state index is -0.0604. The normalized spacial score (nSPS) is 14.5. The van der Waals surface area contributed by atoms with Crippen LogP contribution in [0.25, 0.3) is 5.57 Å². The molecule has 0 spiro atoms. The third kappa shape index (κ3) is 3.17. The monoisotopic (exact) mass is 341 g/mol. The Hall–Kier alpha value is -1.90. The van der Waals surface area contributed by atoms with Crippen molar-refractivity contribution in [2.75, 3.05) is 20.6 Å². The Labute approximate surface area is 150 Å². The van der Waals surface area contributed by atoms with Crippen LogP contribution in [0.3, 0.4) is 0 Å². The van der Waals surface area contributed by atoms with Crippen molar-refractivity contribution in [3.63, 3.8) is 0 Å². The maximum absolute atomic E-state index is 12.4. The van der Waals surface area contributed by atoms with Crippen LogP contribution in [0, 0.1) is 0 Å². The van der Waals surface area contributed by atoms with E-state index in [9.17, 15) is 4.79 Å². The molecular weight excluding hydrogens is 318 g/mol. The molecule has 0 saturated carbocycles. The standard InChI is InChI=1S/C21H23NO.ClH/c1-21(2)19-11-7-5-9-16(19)18(13-15(23)14-22(3)4)17-10-6-8-12-20(17)21;/h5-13H,14H2,1-4H3;1H. The number of benzene rings is 2. The van der Waals surface area contributed by atoms with Crippen molar-refractivity contribution in [2.45, 2.75) is 19.3 Å². The average Bonchev–Trinajstić information content (AvgIpc) is 2.51. The molecule has 126 valence electrons. The van der Waals surface area contributed by atoms with Crippen LogP contribution < -0.4 is 0 Å². The van der Waals surface area contributed by atoms with Crippen LogP contribution in [-0.2, 0) is 10.2 Å². The number of fused-ring (bicyclic) bond motifs is 2. The van der Waals surface area contributed by atoms with Crippen LogP contribution in [0.15, 0.2) is 54.6 Å². The molecule has 1 aliphatic carbocycles. The van der Waals surface area contributed by atoms with Crippen molar-refractivity contribution in [1.29, 1.82) is 0 Å². The molecule has 0 atom stereocenters. The number of hydrogen-bond acceptors (Lipinski definition) is 2. The first-order chi connectivity index (χ1) is 10.9. The van der Waals surface area contributed by atoms with Gasteiger partial charge in [-0.3, -0.25) is 4.79 Å². The van der Waals surface area contributed by atoms with Gasteiger partial charge in [-0.25, -0.2) is 0 Å². The molecule has 2 aromatic carbocycles. The van der Waals surface area contributed by atoms with Crippen molar-refractivity contribution in [2.24, 2.45) is 0 Å². The first-order valence-electron chi connectivity index (χ1n) is 8.00. The van der Waals surface area contributed by atoms with Gasteiger partial charge in [0.15, 0.2) is 5.78 Å². The van der Waals surface area contributed by atoms with Gasteiger partial charge < -0.3 is 4.90 Å². The number of rotatable bonds is 3. The summed E-state index contributed by atoms with van der Waals surface area (Å²) < 4.78 is 0. The van der Waals surface area contributed by atoms with Crippen LogP contribution in [-0.4, -0.2) is 31.3 Å². The number of nitrogens with zero attached hydrogens (tertiary/aromatic N) is 1. The van der Waals surface area contributed by atoms with Gasteiger partial charge in [-0.2, -0.15) is 0 Å². The van der Waals surface area contributed by atoms with E-state index < -0.39 is 0 Å². The number of carbonyl (C=O) groups is 1. The Morgan fingerprint density at radius 2 is 1.42 bits per heavy atom. The smallest absolute Gasteiger partial charge is 0.170 e. The molecule has 0 amide bonds. The predicted octanol–water partition coefficient (Wildman–Crippen LogP) is 4.31. The zero-order chi connectivity index (χ0) is 16.6. The fourth-order valence-corrected chi connectivity index (χ4v) is 3.49. The molecule has 0 saturated heterocycles. The summed E-state index contributed by atoms with van der Waals surface area (Å²) in [6, 6.07) is 16.9. The lowest BCUT2D eigenvalue weighted by Gasteiger charge is -2.36. The van der Waals surface area contributed by atoms with Crippen molar-refractivity contribution in [3.05, 3.63) is 76.9 Å².